The zero-order valence-electron chi connectivity index (χ0n) is 18.8. The number of aliphatic carboxylic acids is 1. The maximum Gasteiger partial charge on any atom is 0.328 e. The Hall–Kier alpha value is -3.25. The largest absolute Gasteiger partial charge is 0.508 e. The van der Waals surface area contributed by atoms with Crippen molar-refractivity contribution in [3.63, 3.8) is 0 Å². The van der Waals surface area contributed by atoms with Crippen LogP contribution in [0.4, 0.5) is 8.78 Å². The number of phenolic OH excluding ortho intramolecular Hbond substituents is 1. The van der Waals surface area contributed by atoms with Gasteiger partial charge in [0.15, 0.2) is 0 Å². The summed E-state index contributed by atoms with van der Waals surface area (Å²) < 4.78 is 29.5. The second kappa shape index (κ2) is 11.9. The first kappa shape index (κ1) is 28.3. The molecule has 3 rings (SSSR count). The average Bonchev–Trinajstić information content (AvgIpc) is 3.35. The first-order valence-electron chi connectivity index (χ1n) is 10.6. The van der Waals surface area contributed by atoms with E-state index >= 15 is 0 Å². The van der Waals surface area contributed by atoms with E-state index in [0.29, 0.717) is 4.88 Å². The number of aromatic hydroxyl groups is 1. The number of alkyl halides is 2. The Kier molecular flexibility index (Phi) is 9.08. The highest BCUT2D eigenvalue weighted by atomic mass is 35.5. The number of carboxylic acids is 1. The van der Waals surface area contributed by atoms with Gasteiger partial charge in [-0.25, -0.2) is 13.6 Å². The Bertz CT molecular complexity index is 1280. The van der Waals surface area contributed by atoms with Gasteiger partial charge in [-0.15, -0.1) is 11.3 Å². The highest BCUT2D eigenvalue weighted by Gasteiger charge is 2.40. The number of halogens is 4. The van der Waals surface area contributed by atoms with Crippen molar-refractivity contribution < 1.29 is 38.5 Å². The predicted octanol–water partition coefficient (Wildman–Crippen LogP) is 4.28. The van der Waals surface area contributed by atoms with Crippen LogP contribution in [0.5, 0.6) is 5.75 Å². The van der Waals surface area contributed by atoms with Gasteiger partial charge >= 0.3 is 5.97 Å². The van der Waals surface area contributed by atoms with Crippen molar-refractivity contribution >= 4 is 52.3 Å². The van der Waals surface area contributed by atoms with E-state index < -0.39 is 48.8 Å². The number of aliphatic hydroxyl groups excluding tert-OH is 1. The number of carbonyl (C=O) groups is 3. The normalized spacial score (nSPS) is 13.0. The molecule has 0 aliphatic rings. The third kappa shape index (κ3) is 7.16. The van der Waals surface area contributed by atoms with Crippen molar-refractivity contribution in [2.24, 2.45) is 0 Å². The molecule has 2 aromatic carbocycles. The molecule has 8 nitrogen and oxygen atoms in total. The maximum absolute atomic E-state index is 14.8. The molecule has 1 unspecified atom stereocenters. The number of amides is 2. The molecule has 1 aromatic heterocycles. The van der Waals surface area contributed by atoms with Crippen LogP contribution in [0.25, 0.3) is 0 Å². The Morgan fingerprint density at radius 3 is 2.27 bits per heavy atom. The van der Waals surface area contributed by atoms with E-state index in [9.17, 15) is 38.5 Å². The van der Waals surface area contributed by atoms with E-state index in [-0.39, 0.29) is 32.5 Å². The topological polar surface area (TPSA) is 136 Å². The number of hydrogen-bond acceptors (Lipinski definition) is 6. The Morgan fingerprint density at radius 2 is 1.70 bits per heavy atom. The van der Waals surface area contributed by atoms with Crippen LogP contribution in [0.2, 0.25) is 10.0 Å². The summed E-state index contributed by atoms with van der Waals surface area (Å²) in [6, 6.07) is 8.58. The second-order valence-corrected chi connectivity index (χ2v) is 9.68. The monoisotopic (exact) mass is 572 g/mol. The van der Waals surface area contributed by atoms with Gasteiger partial charge in [0.25, 0.3) is 17.7 Å². The van der Waals surface area contributed by atoms with E-state index in [0.717, 1.165) is 29.5 Å². The Labute approximate surface area is 223 Å². The van der Waals surface area contributed by atoms with Gasteiger partial charge in [0.1, 0.15) is 17.9 Å². The van der Waals surface area contributed by atoms with Gasteiger partial charge in [-0.05, 0) is 46.8 Å². The minimum atomic E-state index is -3.70. The molecule has 0 saturated heterocycles. The van der Waals surface area contributed by atoms with E-state index in [1.54, 1.807) is 17.5 Å². The number of carbonyl (C=O) groups excluding carboxylic acids is 2. The molecule has 0 fully saturated rings. The zero-order valence-corrected chi connectivity index (χ0v) is 21.1. The highest BCUT2D eigenvalue weighted by molar-refractivity contribution is 7.12. The third-order valence-corrected chi connectivity index (χ3v) is 6.63. The molecule has 5 N–H and O–H groups in total. The number of nitrogens with one attached hydrogen (secondary N) is 2. The lowest BCUT2D eigenvalue weighted by Gasteiger charge is -2.23. The highest BCUT2D eigenvalue weighted by Crippen LogP contribution is 2.37. The number of benzene rings is 2. The molecule has 2 amide bonds. The minimum absolute atomic E-state index is 0.103. The van der Waals surface area contributed by atoms with Gasteiger partial charge < -0.3 is 26.0 Å². The standard InChI is InChI=1S/C24H20Cl2F2N2O6S/c25-15-7-12(10-24(27,28)20(32)13-3-1-4-14(31)9-13)8-16(26)19(15)22(34)30-17(23(35)36)11-29-21(33)18-5-2-6-37-18/h1-9,17,20,31-32H,10-11H2,(H,29,33)(H,30,34)(H,35,36)/t17-,20?/m0/s1. The number of carboxylic acid groups (broad SMARTS) is 1. The molecule has 0 aliphatic heterocycles. The first-order chi connectivity index (χ1) is 17.4. The SMILES string of the molecule is O=C(NC[C@H](NC(=O)c1c(Cl)cc(CC(F)(F)C(O)c2cccc(O)c2)cc1Cl)C(=O)O)c1cccs1. The van der Waals surface area contributed by atoms with Gasteiger partial charge in [-0.3, -0.25) is 9.59 Å². The molecule has 37 heavy (non-hydrogen) atoms. The van der Waals surface area contributed by atoms with Crippen LogP contribution in [0.1, 0.15) is 37.3 Å². The zero-order chi connectivity index (χ0) is 27.3. The molecular formula is C24H20Cl2F2N2O6S. The predicted molar refractivity (Wildman–Crippen MR) is 134 cm³/mol. The summed E-state index contributed by atoms with van der Waals surface area (Å²) in [4.78, 5) is 36.7. The molecule has 13 heteroatoms. The van der Waals surface area contributed by atoms with E-state index in [1.807, 2.05) is 0 Å². The van der Waals surface area contributed by atoms with Crippen LogP contribution in [-0.2, 0) is 11.2 Å². The molecule has 0 saturated carbocycles. The number of aliphatic hydroxyl groups is 1. The van der Waals surface area contributed by atoms with Gasteiger partial charge in [-0.1, -0.05) is 41.4 Å². The van der Waals surface area contributed by atoms with Crippen LogP contribution in [-0.4, -0.2) is 51.6 Å². The lowest BCUT2D eigenvalue weighted by Crippen LogP contribution is -2.48. The fourth-order valence-corrected chi connectivity index (χ4v) is 4.72. The van der Waals surface area contributed by atoms with Crippen molar-refractivity contribution in [2.75, 3.05) is 6.54 Å². The molecule has 0 aliphatic carbocycles. The van der Waals surface area contributed by atoms with Gasteiger partial charge in [0.2, 0.25) is 0 Å². The molecule has 0 radical (unpaired) electrons. The van der Waals surface area contributed by atoms with Crippen LogP contribution in [0, 0.1) is 0 Å². The van der Waals surface area contributed by atoms with Gasteiger partial charge in [0, 0.05) is 13.0 Å². The van der Waals surface area contributed by atoms with Gasteiger partial charge in [0.05, 0.1) is 20.5 Å². The molecule has 196 valence electrons. The van der Waals surface area contributed by atoms with Crippen molar-refractivity contribution in [1.82, 2.24) is 10.6 Å². The average molecular weight is 573 g/mol. The van der Waals surface area contributed by atoms with Crippen molar-refractivity contribution in [2.45, 2.75) is 24.5 Å². The van der Waals surface area contributed by atoms with Crippen molar-refractivity contribution in [3.8, 4) is 5.75 Å². The number of thiophene rings is 1. The second-order valence-electron chi connectivity index (χ2n) is 7.92. The minimum Gasteiger partial charge on any atom is -0.508 e. The van der Waals surface area contributed by atoms with Crippen LogP contribution in [0.15, 0.2) is 53.9 Å². The summed E-state index contributed by atoms with van der Waals surface area (Å²) in [6.07, 6.45) is -3.25. The molecule has 1 heterocycles. The summed E-state index contributed by atoms with van der Waals surface area (Å²) in [7, 11) is 0. The van der Waals surface area contributed by atoms with E-state index in [4.69, 9.17) is 23.2 Å². The van der Waals surface area contributed by atoms with Crippen molar-refractivity contribution in [1.29, 1.82) is 0 Å². The van der Waals surface area contributed by atoms with E-state index in [2.05, 4.69) is 10.6 Å². The molecule has 0 spiro atoms. The first-order valence-corrected chi connectivity index (χ1v) is 12.2. The Balaban J connectivity index is 1.72. The van der Waals surface area contributed by atoms with Gasteiger partial charge in [-0.2, -0.15) is 0 Å². The van der Waals surface area contributed by atoms with E-state index in [1.165, 1.54) is 18.2 Å². The maximum atomic E-state index is 14.8. The molecular weight excluding hydrogens is 553 g/mol. The summed E-state index contributed by atoms with van der Waals surface area (Å²) in [5, 5.41) is 34.7. The quantitative estimate of drug-likeness (QED) is 0.246. The Morgan fingerprint density at radius 1 is 1.03 bits per heavy atom. The number of hydrogen-bond donors (Lipinski definition) is 5. The van der Waals surface area contributed by atoms with Crippen LogP contribution < -0.4 is 10.6 Å². The summed E-state index contributed by atoms with van der Waals surface area (Å²) in [6.45, 7) is -0.440. The van der Waals surface area contributed by atoms with Crippen LogP contribution in [0.3, 0.4) is 0 Å². The fraction of sp³-hybridized carbons (Fsp3) is 0.208. The number of rotatable bonds is 10. The lowest BCUT2D eigenvalue weighted by atomic mass is 9.96. The molecule has 0 bridgehead atoms. The smallest absolute Gasteiger partial charge is 0.328 e. The summed E-state index contributed by atoms with van der Waals surface area (Å²) in [5.41, 5.74) is -0.655. The number of phenols is 1. The summed E-state index contributed by atoms with van der Waals surface area (Å²) in [5.74, 6) is -6.95. The fourth-order valence-electron chi connectivity index (χ4n) is 3.37. The van der Waals surface area contributed by atoms with Crippen LogP contribution >= 0.6 is 34.5 Å². The molecule has 3 aromatic rings. The lowest BCUT2D eigenvalue weighted by molar-refractivity contribution is -0.139. The van der Waals surface area contributed by atoms with Crippen molar-refractivity contribution in [3.05, 3.63) is 85.5 Å². The third-order valence-electron chi connectivity index (χ3n) is 5.17. The summed E-state index contributed by atoms with van der Waals surface area (Å²) >= 11 is 13.4. The molecule has 2 atom stereocenters.